The van der Waals surface area contributed by atoms with Gasteiger partial charge in [-0.05, 0) is 56.5 Å². The van der Waals surface area contributed by atoms with Crippen molar-refractivity contribution >= 4 is 18.3 Å². The second-order valence-electron chi connectivity index (χ2n) is 6.06. The first-order chi connectivity index (χ1) is 8.15. The molecule has 1 aliphatic heterocycles. The lowest BCUT2D eigenvalue weighted by Gasteiger charge is -2.22. The SMILES string of the molecule is CCC1(C)CC1C(=O)NCCC1CCCNC1.Cl. The molecule has 1 aliphatic carbocycles. The van der Waals surface area contributed by atoms with Gasteiger partial charge in [0.1, 0.15) is 0 Å². The van der Waals surface area contributed by atoms with Crippen molar-refractivity contribution in [3.63, 3.8) is 0 Å². The normalized spacial score (nSPS) is 34.6. The highest BCUT2D eigenvalue weighted by Crippen LogP contribution is 2.54. The van der Waals surface area contributed by atoms with E-state index in [4.69, 9.17) is 0 Å². The first-order valence-corrected chi connectivity index (χ1v) is 7.14. The molecule has 3 nitrogen and oxygen atoms in total. The van der Waals surface area contributed by atoms with E-state index in [0.717, 1.165) is 38.3 Å². The average Bonchev–Trinajstić information content (AvgIpc) is 3.04. The fraction of sp³-hybridized carbons (Fsp3) is 0.929. The van der Waals surface area contributed by atoms with Crippen LogP contribution in [-0.4, -0.2) is 25.5 Å². The van der Waals surface area contributed by atoms with E-state index in [1.54, 1.807) is 0 Å². The smallest absolute Gasteiger partial charge is 0.223 e. The first kappa shape index (κ1) is 15.8. The van der Waals surface area contributed by atoms with Gasteiger partial charge in [-0.15, -0.1) is 12.4 Å². The summed E-state index contributed by atoms with van der Waals surface area (Å²) in [5.41, 5.74) is 0.302. The molecule has 4 heteroatoms. The van der Waals surface area contributed by atoms with Crippen LogP contribution in [0.2, 0.25) is 0 Å². The minimum atomic E-state index is 0. The Hall–Kier alpha value is -0.280. The van der Waals surface area contributed by atoms with Gasteiger partial charge in [0, 0.05) is 12.5 Å². The lowest BCUT2D eigenvalue weighted by molar-refractivity contribution is -0.123. The summed E-state index contributed by atoms with van der Waals surface area (Å²) < 4.78 is 0. The number of hydrogen-bond acceptors (Lipinski definition) is 2. The fourth-order valence-electron chi connectivity index (χ4n) is 2.90. The van der Waals surface area contributed by atoms with Crippen LogP contribution in [0.4, 0.5) is 0 Å². The molecule has 2 fully saturated rings. The van der Waals surface area contributed by atoms with Crippen LogP contribution in [-0.2, 0) is 4.79 Å². The summed E-state index contributed by atoms with van der Waals surface area (Å²) in [7, 11) is 0. The second kappa shape index (κ2) is 6.76. The van der Waals surface area contributed by atoms with Crippen LogP contribution in [0, 0.1) is 17.3 Å². The molecule has 2 rings (SSSR count). The molecule has 106 valence electrons. The van der Waals surface area contributed by atoms with Gasteiger partial charge in [-0.25, -0.2) is 0 Å². The zero-order chi connectivity index (χ0) is 12.3. The van der Waals surface area contributed by atoms with Gasteiger partial charge >= 0.3 is 0 Å². The zero-order valence-electron chi connectivity index (χ0n) is 11.6. The highest BCUT2D eigenvalue weighted by molar-refractivity contribution is 5.85. The van der Waals surface area contributed by atoms with Crippen LogP contribution >= 0.6 is 12.4 Å². The summed E-state index contributed by atoms with van der Waals surface area (Å²) in [5.74, 6) is 1.34. The van der Waals surface area contributed by atoms with E-state index >= 15 is 0 Å². The molecule has 1 saturated heterocycles. The number of nitrogens with one attached hydrogen (secondary N) is 2. The third-order valence-corrected chi connectivity index (χ3v) is 4.73. The summed E-state index contributed by atoms with van der Waals surface area (Å²) in [4.78, 5) is 11.9. The number of piperidine rings is 1. The maximum Gasteiger partial charge on any atom is 0.223 e. The number of carbonyl (C=O) groups is 1. The Balaban J connectivity index is 0.00000162. The average molecular weight is 275 g/mol. The van der Waals surface area contributed by atoms with Gasteiger partial charge in [0.05, 0.1) is 0 Å². The maximum absolute atomic E-state index is 11.9. The number of carbonyl (C=O) groups excluding carboxylic acids is 1. The molecule has 0 bridgehead atoms. The minimum Gasteiger partial charge on any atom is -0.356 e. The van der Waals surface area contributed by atoms with Crippen LogP contribution in [0.1, 0.15) is 46.0 Å². The first-order valence-electron chi connectivity index (χ1n) is 7.14. The van der Waals surface area contributed by atoms with Gasteiger partial charge in [0.15, 0.2) is 0 Å². The molecule has 0 aromatic rings. The molecule has 0 aromatic carbocycles. The van der Waals surface area contributed by atoms with Crippen molar-refractivity contribution in [2.24, 2.45) is 17.3 Å². The van der Waals surface area contributed by atoms with E-state index in [1.807, 2.05) is 0 Å². The zero-order valence-corrected chi connectivity index (χ0v) is 12.4. The summed E-state index contributed by atoms with van der Waals surface area (Å²) in [6, 6.07) is 0. The van der Waals surface area contributed by atoms with E-state index < -0.39 is 0 Å². The van der Waals surface area contributed by atoms with Crippen LogP contribution in [0.5, 0.6) is 0 Å². The molecule has 2 N–H and O–H groups in total. The highest BCUT2D eigenvalue weighted by Gasteiger charge is 2.52. The topological polar surface area (TPSA) is 41.1 Å². The van der Waals surface area contributed by atoms with Gasteiger partial charge in [-0.2, -0.15) is 0 Å². The lowest BCUT2D eigenvalue weighted by atomic mass is 9.96. The Kier molecular flexibility index (Phi) is 5.93. The number of hydrogen-bond donors (Lipinski definition) is 2. The van der Waals surface area contributed by atoms with Crippen LogP contribution < -0.4 is 10.6 Å². The molecule has 18 heavy (non-hydrogen) atoms. The van der Waals surface area contributed by atoms with E-state index in [-0.39, 0.29) is 24.2 Å². The fourth-order valence-corrected chi connectivity index (χ4v) is 2.90. The van der Waals surface area contributed by atoms with Crippen molar-refractivity contribution in [3.8, 4) is 0 Å². The number of halogens is 1. The Morgan fingerprint density at radius 3 is 2.83 bits per heavy atom. The summed E-state index contributed by atoms with van der Waals surface area (Å²) in [6.07, 6.45) is 5.94. The standard InChI is InChI=1S/C14H26N2O.ClH/c1-3-14(2)9-12(14)13(17)16-8-6-11-5-4-7-15-10-11;/h11-12,15H,3-10H2,1-2H3,(H,16,17);1H. The van der Waals surface area contributed by atoms with Crippen LogP contribution in [0.15, 0.2) is 0 Å². The Morgan fingerprint density at radius 2 is 2.28 bits per heavy atom. The summed E-state index contributed by atoms with van der Waals surface area (Å²) in [6.45, 7) is 7.57. The molecule has 1 amide bonds. The molecule has 1 heterocycles. The molecule has 3 unspecified atom stereocenters. The lowest BCUT2D eigenvalue weighted by Crippen LogP contribution is -2.34. The molecule has 0 spiro atoms. The van der Waals surface area contributed by atoms with Crippen LogP contribution in [0.3, 0.4) is 0 Å². The largest absolute Gasteiger partial charge is 0.356 e. The highest BCUT2D eigenvalue weighted by atomic mass is 35.5. The van der Waals surface area contributed by atoms with Crippen molar-refractivity contribution in [2.45, 2.75) is 46.0 Å². The molecular weight excluding hydrogens is 248 g/mol. The predicted molar refractivity (Wildman–Crippen MR) is 77.0 cm³/mol. The summed E-state index contributed by atoms with van der Waals surface area (Å²) in [5, 5.41) is 6.53. The monoisotopic (exact) mass is 274 g/mol. The molecule has 3 atom stereocenters. The molecule has 1 saturated carbocycles. The Labute approximate surface area is 117 Å². The minimum absolute atomic E-state index is 0. The van der Waals surface area contributed by atoms with Crippen LogP contribution in [0.25, 0.3) is 0 Å². The van der Waals surface area contributed by atoms with Gasteiger partial charge in [-0.1, -0.05) is 13.8 Å². The van der Waals surface area contributed by atoms with Gasteiger partial charge in [0.25, 0.3) is 0 Å². The van der Waals surface area contributed by atoms with E-state index in [9.17, 15) is 4.79 Å². The van der Waals surface area contributed by atoms with Gasteiger partial charge in [0.2, 0.25) is 5.91 Å². The van der Waals surface area contributed by atoms with Crippen molar-refractivity contribution in [3.05, 3.63) is 0 Å². The van der Waals surface area contributed by atoms with Crippen molar-refractivity contribution in [1.29, 1.82) is 0 Å². The second-order valence-corrected chi connectivity index (χ2v) is 6.06. The molecule has 2 aliphatic rings. The number of rotatable bonds is 5. The molecule has 0 radical (unpaired) electrons. The summed E-state index contributed by atoms with van der Waals surface area (Å²) >= 11 is 0. The number of amides is 1. The molecule has 0 aromatic heterocycles. The van der Waals surface area contributed by atoms with Crippen molar-refractivity contribution < 1.29 is 4.79 Å². The van der Waals surface area contributed by atoms with E-state index in [2.05, 4.69) is 24.5 Å². The Morgan fingerprint density at radius 1 is 1.50 bits per heavy atom. The molecular formula is C14H27ClN2O. The van der Waals surface area contributed by atoms with Gasteiger partial charge < -0.3 is 10.6 Å². The van der Waals surface area contributed by atoms with E-state index in [1.165, 1.54) is 19.4 Å². The van der Waals surface area contributed by atoms with Gasteiger partial charge in [-0.3, -0.25) is 4.79 Å². The third kappa shape index (κ3) is 3.86. The third-order valence-electron chi connectivity index (χ3n) is 4.73. The van der Waals surface area contributed by atoms with Crippen molar-refractivity contribution in [2.75, 3.05) is 19.6 Å². The maximum atomic E-state index is 11.9. The van der Waals surface area contributed by atoms with E-state index in [0.29, 0.717) is 5.41 Å². The predicted octanol–water partition coefficient (Wildman–Crippen LogP) is 2.35. The Bertz CT molecular complexity index is 279. The quantitative estimate of drug-likeness (QED) is 0.808. The van der Waals surface area contributed by atoms with Crippen molar-refractivity contribution in [1.82, 2.24) is 10.6 Å².